The van der Waals surface area contributed by atoms with E-state index in [1.807, 2.05) is 13.8 Å². The van der Waals surface area contributed by atoms with Gasteiger partial charge in [-0.05, 0) is 26.7 Å². The van der Waals surface area contributed by atoms with Gasteiger partial charge in [-0.25, -0.2) is 4.79 Å². The van der Waals surface area contributed by atoms with E-state index in [1.54, 1.807) is 11.9 Å². The van der Waals surface area contributed by atoms with Gasteiger partial charge in [-0.3, -0.25) is 4.79 Å². The molecule has 1 N–H and O–H groups in total. The molecule has 5 nitrogen and oxygen atoms in total. The van der Waals surface area contributed by atoms with Gasteiger partial charge in [-0.1, -0.05) is 0 Å². The minimum Gasteiger partial charge on any atom is -0.480 e. The highest BCUT2D eigenvalue weighted by Gasteiger charge is 2.35. The fraction of sp³-hybridized carbons (Fsp3) is 0.800. The first-order valence-electron chi connectivity index (χ1n) is 5.18. The lowest BCUT2D eigenvalue weighted by Gasteiger charge is -2.29. The Labute approximate surface area is 89.7 Å². The Kier molecular flexibility index (Phi) is 3.55. The number of hydrogen-bond donors (Lipinski definition) is 1. The smallest absolute Gasteiger partial charge is 0.323 e. The number of urea groups is 1. The van der Waals surface area contributed by atoms with Gasteiger partial charge in [-0.2, -0.15) is 0 Å². The second-order valence-corrected chi connectivity index (χ2v) is 4.24. The van der Waals surface area contributed by atoms with E-state index in [9.17, 15) is 9.59 Å². The van der Waals surface area contributed by atoms with Crippen molar-refractivity contribution in [3.63, 3.8) is 0 Å². The molecule has 0 aliphatic heterocycles. The summed E-state index contributed by atoms with van der Waals surface area (Å²) in [5, 5.41) is 8.72. The molecule has 1 aliphatic carbocycles. The average molecular weight is 214 g/mol. The van der Waals surface area contributed by atoms with E-state index in [4.69, 9.17) is 5.11 Å². The third-order valence-corrected chi connectivity index (χ3v) is 2.62. The fourth-order valence-electron chi connectivity index (χ4n) is 1.31. The van der Waals surface area contributed by atoms with Gasteiger partial charge in [0.05, 0.1) is 0 Å². The van der Waals surface area contributed by atoms with Crippen molar-refractivity contribution in [2.24, 2.45) is 0 Å². The second kappa shape index (κ2) is 4.51. The quantitative estimate of drug-likeness (QED) is 0.759. The van der Waals surface area contributed by atoms with E-state index in [0.717, 1.165) is 12.8 Å². The van der Waals surface area contributed by atoms with Crippen LogP contribution in [0.3, 0.4) is 0 Å². The zero-order valence-corrected chi connectivity index (χ0v) is 9.43. The van der Waals surface area contributed by atoms with E-state index in [-0.39, 0.29) is 24.7 Å². The number of rotatable bonds is 4. The lowest BCUT2D eigenvalue weighted by molar-refractivity contribution is -0.137. The molecular formula is C10H18N2O3. The van der Waals surface area contributed by atoms with Gasteiger partial charge in [0, 0.05) is 19.1 Å². The van der Waals surface area contributed by atoms with Crippen molar-refractivity contribution in [1.29, 1.82) is 0 Å². The molecule has 0 heterocycles. The Balaban J connectivity index is 2.62. The van der Waals surface area contributed by atoms with Crippen LogP contribution >= 0.6 is 0 Å². The van der Waals surface area contributed by atoms with Crippen LogP contribution in [0.25, 0.3) is 0 Å². The third-order valence-electron chi connectivity index (χ3n) is 2.62. The van der Waals surface area contributed by atoms with Crippen LogP contribution in [0.4, 0.5) is 4.79 Å². The topological polar surface area (TPSA) is 60.9 Å². The van der Waals surface area contributed by atoms with Crippen LogP contribution in [0.5, 0.6) is 0 Å². The first-order valence-corrected chi connectivity index (χ1v) is 5.18. The minimum atomic E-state index is -0.951. The van der Waals surface area contributed by atoms with Gasteiger partial charge >= 0.3 is 12.0 Å². The van der Waals surface area contributed by atoms with Gasteiger partial charge in [0.1, 0.15) is 6.54 Å². The van der Waals surface area contributed by atoms with Gasteiger partial charge in [0.25, 0.3) is 0 Å². The maximum Gasteiger partial charge on any atom is 0.323 e. The van der Waals surface area contributed by atoms with Crippen molar-refractivity contribution in [3.05, 3.63) is 0 Å². The molecule has 0 spiro atoms. The summed E-state index contributed by atoms with van der Waals surface area (Å²) >= 11 is 0. The molecule has 1 aliphatic rings. The highest BCUT2D eigenvalue weighted by atomic mass is 16.4. The van der Waals surface area contributed by atoms with Crippen LogP contribution in [-0.4, -0.2) is 52.6 Å². The lowest BCUT2D eigenvalue weighted by atomic mass is 10.3. The Morgan fingerprint density at radius 1 is 1.40 bits per heavy atom. The van der Waals surface area contributed by atoms with Crippen LogP contribution in [-0.2, 0) is 4.79 Å². The molecule has 2 amide bonds. The summed E-state index contributed by atoms with van der Waals surface area (Å²) in [5.74, 6) is -0.951. The zero-order chi connectivity index (χ0) is 11.6. The standard InChI is InChI=1S/C10H18N2O3/c1-7(2)11(3)10(15)12(6-9(13)14)8-4-5-8/h7-8H,4-6H2,1-3H3,(H,13,14). The van der Waals surface area contributed by atoms with Crippen molar-refractivity contribution in [1.82, 2.24) is 9.80 Å². The molecule has 0 atom stereocenters. The first kappa shape index (κ1) is 11.8. The van der Waals surface area contributed by atoms with E-state index < -0.39 is 5.97 Å². The van der Waals surface area contributed by atoms with E-state index in [0.29, 0.717) is 0 Å². The Bertz CT molecular complexity index is 261. The molecule has 0 aromatic heterocycles. The van der Waals surface area contributed by atoms with E-state index >= 15 is 0 Å². The number of aliphatic carboxylic acids is 1. The Hall–Kier alpha value is -1.26. The van der Waals surface area contributed by atoms with Crippen LogP contribution in [0.2, 0.25) is 0 Å². The van der Waals surface area contributed by atoms with Crippen molar-refractivity contribution >= 4 is 12.0 Å². The van der Waals surface area contributed by atoms with Crippen molar-refractivity contribution < 1.29 is 14.7 Å². The molecule has 0 unspecified atom stereocenters. The molecule has 0 bridgehead atoms. The third kappa shape index (κ3) is 3.11. The monoisotopic (exact) mass is 214 g/mol. The van der Waals surface area contributed by atoms with Crippen molar-refractivity contribution in [2.45, 2.75) is 38.8 Å². The molecular weight excluding hydrogens is 196 g/mol. The van der Waals surface area contributed by atoms with Crippen LogP contribution in [0, 0.1) is 0 Å². The maximum atomic E-state index is 11.9. The number of carbonyl (C=O) groups excluding carboxylic acids is 1. The molecule has 1 fully saturated rings. The second-order valence-electron chi connectivity index (χ2n) is 4.24. The average Bonchev–Trinajstić information content (AvgIpc) is 2.94. The highest BCUT2D eigenvalue weighted by Crippen LogP contribution is 2.27. The van der Waals surface area contributed by atoms with E-state index in [2.05, 4.69) is 0 Å². The summed E-state index contributed by atoms with van der Waals surface area (Å²) in [5.41, 5.74) is 0. The Morgan fingerprint density at radius 3 is 2.27 bits per heavy atom. The number of nitrogens with zero attached hydrogens (tertiary/aromatic N) is 2. The summed E-state index contributed by atoms with van der Waals surface area (Å²) in [7, 11) is 1.70. The van der Waals surface area contributed by atoms with Gasteiger partial charge < -0.3 is 14.9 Å². The summed E-state index contributed by atoms with van der Waals surface area (Å²) in [6.45, 7) is 3.62. The fourth-order valence-corrected chi connectivity index (χ4v) is 1.31. The highest BCUT2D eigenvalue weighted by molar-refractivity contribution is 5.80. The van der Waals surface area contributed by atoms with Crippen molar-refractivity contribution in [3.8, 4) is 0 Å². The Morgan fingerprint density at radius 2 is 1.93 bits per heavy atom. The predicted molar refractivity (Wildman–Crippen MR) is 55.7 cm³/mol. The van der Waals surface area contributed by atoms with E-state index in [1.165, 1.54) is 4.90 Å². The molecule has 0 saturated heterocycles. The molecule has 0 radical (unpaired) electrons. The summed E-state index contributed by atoms with van der Waals surface area (Å²) < 4.78 is 0. The minimum absolute atomic E-state index is 0.0903. The van der Waals surface area contributed by atoms with Crippen LogP contribution in [0.15, 0.2) is 0 Å². The number of carboxylic acid groups (broad SMARTS) is 1. The lowest BCUT2D eigenvalue weighted by Crippen LogP contribution is -2.47. The molecule has 1 rings (SSSR count). The molecule has 0 aromatic carbocycles. The SMILES string of the molecule is CC(C)N(C)C(=O)N(CC(=O)O)C1CC1. The maximum absolute atomic E-state index is 11.9. The zero-order valence-electron chi connectivity index (χ0n) is 9.43. The molecule has 0 aromatic rings. The van der Waals surface area contributed by atoms with Crippen molar-refractivity contribution in [2.75, 3.05) is 13.6 Å². The predicted octanol–water partition coefficient (Wildman–Crippen LogP) is 0.996. The first-order chi connectivity index (χ1) is 6.93. The number of amides is 2. The van der Waals surface area contributed by atoms with Gasteiger partial charge in [0.15, 0.2) is 0 Å². The van der Waals surface area contributed by atoms with Gasteiger partial charge in [-0.15, -0.1) is 0 Å². The van der Waals surface area contributed by atoms with Crippen LogP contribution < -0.4 is 0 Å². The summed E-state index contributed by atoms with van der Waals surface area (Å²) in [6, 6.07) is 0.0391. The normalized spacial score (nSPS) is 15.2. The largest absolute Gasteiger partial charge is 0.480 e. The molecule has 86 valence electrons. The summed E-state index contributed by atoms with van der Waals surface area (Å²) in [4.78, 5) is 25.5. The number of hydrogen-bond acceptors (Lipinski definition) is 2. The van der Waals surface area contributed by atoms with Gasteiger partial charge in [0.2, 0.25) is 0 Å². The van der Waals surface area contributed by atoms with Crippen LogP contribution in [0.1, 0.15) is 26.7 Å². The molecule has 15 heavy (non-hydrogen) atoms. The summed E-state index contributed by atoms with van der Waals surface area (Å²) in [6.07, 6.45) is 1.84. The molecule has 5 heteroatoms. The number of carboxylic acids is 1. The molecule has 1 saturated carbocycles. The number of carbonyl (C=O) groups is 2.